The van der Waals surface area contributed by atoms with Gasteiger partial charge in [-0.3, -0.25) is 18.6 Å². The summed E-state index contributed by atoms with van der Waals surface area (Å²) in [5, 5.41) is 3.04. The second kappa shape index (κ2) is 49.8. The minimum Gasteiger partial charge on any atom is -0.456 e. The normalized spacial score (nSPS) is 14.0. The molecule has 0 aromatic rings. The number of hydrogen-bond acceptors (Lipinski definition) is 6. The molecule has 2 N–H and O–H groups in total. The van der Waals surface area contributed by atoms with Crippen molar-refractivity contribution in [3.63, 3.8) is 0 Å². The van der Waals surface area contributed by atoms with E-state index in [1.54, 1.807) is 0 Å². The van der Waals surface area contributed by atoms with E-state index in [1.165, 1.54) is 161 Å². The Morgan fingerprint density at radius 2 is 0.855 bits per heavy atom. The number of carbonyl (C=O) groups excluding carboxylic acids is 2. The van der Waals surface area contributed by atoms with Crippen molar-refractivity contribution in [2.75, 3.05) is 40.9 Å². The second-order valence-corrected chi connectivity index (χ2v) is 22.6. The summed E-state index contributed by atoms with van der Waals surface area (Å²) >= 11 is 0. The van der Waals surface area contributed by atoms with Crippen LogP contribution in [0.5, 0.6) is 0 Å². The Bertz CT molecular complexity index is 1280. The Balaban J connectivity index is 5.28. The van der Waals surface area contributed by atoms with E-state index in [0.29, 0.717) is 17.4 Å². The van der Waals surface area contributed by atoms with Gasteiger partial charge in [-0.1, -0.05) is 225 Å². The van der Waals surface area contributed by atoms with Gasteiger partial charge in [0.05, 0.1) is 33.8 Å². The first kappa shape index (κ1) is 67.2. The van der Waals surface area contributed by atoms with E-state index in [-0.39, 0.29) is 31.5 Å². The van der Waals surface area contributed by atoms with E-state index in [9.17, 15) is 19.0 Å². The van der Waals surface area contributed by atoms with Crippen LogP contribution < -0.4 is 5.32 Å². The number of quaternary nitrogens is 1. The van der Waals surface area contributed by atoms with E-state index >= 15 is 0 Å². The summed E-state index contributed by atoms with van der Waals surface area (Å²) in [5.41, 5.74) is 0. The maximum absolute atomic E-state index is 13.5. The Morgan fingerprint density at radius 3 is 1.28 bits per heavy atom. The summed E-state index contributed by atoms with van der Waals surface area (Å²) in [6.45, 7) is 6.98. The second-order valence-electron chi connectivity index (χ2n) is 21.2. The Morgan fingerprint density at radius 1 is 0.493 bits per heavy atom. The van der Waals surface area contributed by atoms with Crippen LogP contribution in [0.4, 0.5) is 0 Å². The fourth-order valence-electron chi connectivity index (χ4n) is 8.45. The largest absolute Gasteiger partial charge is 0.472 e. The molecule has 0 saturated carbocycles. The first-order valence-corrected chi connectivity index (χ1v) is 30.8. The van der Waals surface area contributed by atoms with Gasteiger partial charge in [-0.05, 0) is 76.7 Å². The van der Waals surface area contributed by atoms with E-state index in [2.05, 4.69) is 50.4 Å². The zero-order chi connectivity index (χ0) is 50.8. The monoisotopic (exact) mass is 994 g/mol. The highest BCUT2D eigenvalue weighted by atomic mass is 31.2. The minimum absolute atomic E-state index is 0.0397. The molecule has 9 nitrogen and oxygen atoms in total. The molecule has 0 aliphatic heterocycles. The molecule has 0 aliphatic carbocycles. The van der Waals surface area contributed by atoms with Gasteiger partial charge in [-0.2, -0.15) is 0 Å². The molecule has 0 spiro atoms. The number of nitrogens with zero attached hydrogens (tertiary/aromatic N) is 1. The van der Waals surface area contributed by atoms with Gasteiger partial charge in [0.1, 0.15) is 19.3 Å². The fraction of sp³-hybridized carbons (Fsp3) is 0.864. The number of esters is 1. The molecule has 0 aliphatic rings. The van der Waals surface area contributed by atoms with Crippen LogP contribution in [0.25, 0.3) is 0 Å². The molecule has 0 radical (unpaired) electrons. The first-order chi connectivity index (χ1) is 33.4. The zero-order valence-electron chi connectivity index (χ0n) is 46.3. The van der Waals surface area contributed by atoms with Gasteiger partial charge in [0.15, 0.2) is 0 Å². The highest BCUT2D eigenvalue weighted by Gasteiger charge is 2.30. The van der Waals surface area contributed by atoms with Gasteiger partial charge in [0, 0.05) is 12.8 Å². The number of ether oxygens (including phenoxy) is 1. The summed E-state index contributed by atoms with van der Waals surface area (Å²) in [6.07, 6.45) is 58.5. The Kier molecular flexibility index (Phi) is 48.5. The quantitative estimate of drug-likeness (QED) is 0.0205. The number of nitrogens with one attached hydrogen (secondary N) is 1. The van der Waals surface area contributed by atoms with E-state index in [0.717, 1.165) is 83.5 Å². The SMILES string of the molecule is CCCC/C=C\CCCCCCCC(=O)NC(COP(=O)(O)OCC[N+](C)(C)C)C(/C=C\CCCCCCCCCCCCC)OC(=O)CCCCCCCCCCC/C=C/CCCCCCCC. The number of rotatable bonds is 53. The van der Waals surface area contributed by atoms with Crippen LogP contribution in [0.1, 0.15) is 278 Å². The number of phosphoric acid groups is 1. The molecule has 0 rings (SSSR count). The van der Waals surface area contributed by atoms with Crippen LogP contribution in [0.15, 0.2) is 36.5 Å². The lowest BCUT2D eigenvalue weighted by Crippen LogP contribution is -2.47. The third kappa shape index (κ3) is 51.0. The number of phosphoric ester groups is 1. The van der Waals surface area contributed by atoms with Crippen LogP contribution in [0.3, 0.4) is 0 Å². The third-order valence-electron chi connectivity index (χ3n) is 13.1. The maximum atomic E-state index is 13.5. The van der Waals surface area contributed by atoms with Crippen molar-refractivity contribution in [2.45, 2.75) is 290 Å². The van der Waals surface area contributed by atoms with Crippen molar-refractivity contribution >= 4 is 19.7 Å². The molecule has 1 amide bonds. The lowest BCUT2D eigenvalue weighted by molar-refractivity contribution is -0.870. The lowest BCUT2D eigenvalue weighted by atomic mass is 10.0. The predicted octanol–water partition coefficient (Wildman–Crippen LogP) is 17.6. The third-order valence-corrected chi connectivity index (χ3v) is 14.0. The molecule has 0 heterocycles. The topological polar surface area (TPSA) is 111 Å². The number of unbranched alkanes of at least 4 members (excludes halogenated alkanes) is 33. The summed E-state index contributed by atoms with van der Waals surface area (Å²) in [6, 6.07) is -0.849. The lowest BCUT2D eigenvalue weighted by Gasteiger charge is -2.27. The summed E-state index contributed by atoms with van der Waals surface area (Å²) < 4.78 is 30.6. The highest BCUT2D eigenvalue weighted by Crippen LogP contribution is 2.43. The smallest absolute Gasteiger partial charge is 0.456 e. The Labute approximate surface area is 427 Å². The molecule has 0 aromatic carbocycles. The van der Waals surface area contributed by atoms with E-state index in [1.807, 2.05) is 33.3 Å². The van der Waals surface area contributed by atoms with Crippen molar-refractivity contribution in [2.24, 2.45) is 0 Å². The standard InChI is InChI=1S/C59H113N2O7P/c1-7-10-13-16-19-22-25-27-28-29-30-31-32-34-37-40-43-46-49-52-59(63)68-57(50-47-44-41-38-36-33-26-23-20-17-14-11-8-2)56(55-67-69(64,65)66-54-53-61(4,5)6)60-58(62)51-48-45-42-39-35-24-21-18-15-12-9-3/h18,21,27-28,47,50,56-57H,7-17,19-20,22-26,29-46,48-49,51-55H2,1-6H3,(H-,60,62,64,65)/p+1/b21-18-,28-27+,50-47-. The van der Waals surface area contributed by atoms with Crippen LogP contribution in [0.2, 0.25) is 0 Å². The van der Waals surface area contributed by atoms with Gasteiger partial charge in [-0.15, -0.1) is 0 Å². The van der Waals surface area contributed by atoms with Crippen LogP contribution in [-0.2, 0) is 27.9 Å². The number of carbonyl (C=O) groups is 2. The maximum Gasteiger partial charge on any atom is 0.472 e. The van der Waals surface area contributed by atoms with Crippen LogP contribution >= 0.6 is 7.82 Å². The molecule has 10 heteroatoms. The van der Waals surface area contributed by atoms with Crippen molar-refractivity contribution in [1.29, 1.82) is 0 Å². The zero-order valence-corrected chi connectivity index (χ0v) is 47.2. The number of likely N-dealkylation sites (N-methyl/N-ethyl adjacent to an activating group) is 1. The molecule has 0 aromatic heterocycles. The molecular weight excluding hydrogens is 880 g/mol. The van der Waals surface area contributed by atoms with Crippen LogP contribution in [-0.4, -0.2) is 74.3 Å². The molecule has 0 fully saturated rings. The highest BCUT2D eigenvalue weighted by molar-refractivity contribution is 7.47. The molecule has 0 bridgehead atoms. The van der Waals surface area contributed by atoms with Gasteiger partial charge >= 0.3 is 13.8 Å². The van der Waals surface area contributed by atoms with E-state index in [4.69, 9.17) is 13.8 Å². The summed E-state index contributed by atoms with van der Waals surface area (Å²) in [4.78, 5) is 37.5. The first-order valence-electron chi connectivity index (χ1n) is 29.3. The predicted molar refractivity (Wildman–Crippen MR) is 296 cm³/mol. The molecular formula is C59H114N2O7P+. The molecule has 406 valence electrons. The fourth-order valence-corrected chi connectivity index (χ4v) is 9.18. The summed E-state index contributed by atoms with van der Waals surface area (Å²) in [7, 11) is 1.50. The van der Waals surface area contributed by atoms with E-state index < -0.39 is 20.0 Å². The Hall–Kier alpha value is -1.77. The van der Waals surface area contributed by atoms with Gasteiger partial charge < -0.3 is 19.4 Å². The van der Waals surface area contributed by atoms with Gasteiger partial charge in [0.25, 0.3) is 0 Å². The average Bonchev–Trinajstić information content (AvgIpc) is 3.31. The molecule has 3 atom stereocenters. The van der Waals surface area contributed by atoms with Gasteiger partial charge in [0.2, 0.25) is 5.91 Å². The van der Waals surface area contributed by atoms with Crippen molar-refractivity contribution < 1.29 is 37.3 Å². The number of allylic oxidation sites excluding steroid dienone is 5. The van der Waals surface area contributed by atoms with Crippen molar-refractivity contribution in [3.8, 4) is 0 Å². The number of hydrogen-bond donors (Lipinski definition) is 2. The average molecular weight is 995 g/mol. The van der Waals surface area contributed by atoms with Gasteiger partial charge in [-0.25, -0.2) is 4.57 Å². The summed E-state index contributed by atoms with van der Waals surface area (Å²) in [5.74, 6) is -0.511. The van der Waals surface area contributed by atoms with Crippen LogP contribution in [0, 0.1) is 0 Å². The minimum atomic E-state index is -4.44. The molecule has 69 heavy (non-hydrogen) atoms. The molecule has 3 unspecified atom stereocenters. The van der Waals surface area contributed by atoms with Crippen molar-refractivity contribution in [3.05, 3.63) is 36.5 Å². The number of amides is 1. The molecule has 0 saturated heterocycles. The van der Waals surface area contributed by atoms with Crippen molar-refractivity contribution in [1.82, 2.24) is 5.32 Å².